The molecule has 0 radical (unpaired) electrons. The van der Waals surface area contributed by atoms with Gasteiger partial charge in [-0.1, -0.05) is 33.6 Å². The second-order valence-corrected chi connectivity index (χ2v) is 7.80. The first-order chi connectivity index (χ1) is 8.89. The van der Waals surface area contributed by atoms with Gasteiger partial charge < -0.3 is 4.90 Å². The first kappa shape index (κ1) is 14.9. The van der Waals surface area contributed by atoms with Gasteiger partial charge in [-0.25, -0.2) is 0 Å². The SMILES string of the molecule is CN(C(=O)C1CCC(C(C)(C)C)CC1)C1CCCC1. The lowest BCUT2D eigenvalue weighted by molar-refractivity contribution is -0.137. The van der Waals surface area contributed by atoms with Gasteiger partial charge in [0.15, 0.2) is 0 Å². The summed E-state index contributed by atoms with van der Waals surface area (Å²) in [6.07, 6.45) is 9.74. The van der Waals surface area contributed by atoms with Gasteiger partial charge in [0.2, 0.25) is 5.91 Å². The van der Waals surface area contributed by atoms with Crippen LogP contribution in [0.25, 0.3) is 0 Å². The maximum atomic E-state index is 12.6. The average molecular weight is 265 g/mol. The molecule has 0 spiro atoms. The van der Waals surface area contributed by atoms with Crippen LogP contribution in [0.4, 0.5) is 0 Å². The van der Waals surface area contributed by atoms with E-state index in [0.29, 0.717) is 23.3 Å². The van der Waals surface area contributed by atoms with Crippen LogP contribution in [0.15, 0.2) is 0 Å². The van der Waals surface area contributed by atoms with Crippen LogP contribution in [-0.4, -0.2) is 23.9 Å². The smallest absolute Gasteiger partial charge is 0.225 e. The molecule has 0 N–H and O–H groups in total. The minimum Gasteiger partial charge on any atom is -0.343 e. The molecule has 0 aromatic heterocycles. The topological polar surface area (TPSA) is 20.3 Å². The molecule has 2 nitrogen and oxygen atoms in total. The molecule has 0 bridgehead atoms. The zero-order valence-corrected chi connectivity index (χ0v) is 13.2. The highest BCUT2D eigenvalue weighted by atomic mass is 16.2. The van der Waals surface area contributed by atoms with E-state index in [1.54, 1.807) is 0 Å². The van der Waals surface area contributed by atoms with Crippen LogP contribution in [0.5, 0.6) is 0 Å². The summed E-state index contributed by atoms with van der Waals surface area (Å²) in [5, 5.41) is 0. The molecule has 2 rings (SSSR count). The van der Waals surface area contributed by atoms with Gasteiger partial charge in [-0.3, -0.25) is 4.79 Å². The molecule has 0 aromatic carbocycles. The first-order valence-electron chi connectivity index (χ1n) is 8.16. The summed E-state index contributed by atoms with van der Waals surface area (Å²) in [4.78, 5) is 14.6. The Morgan fingerprint density at radius 3 is 1.95 bits per heavy atom. The summed E-state index contributed by atoms with van der Waals surface area (Å²) in [5.41, 5.74) is 0.408. The highest BCUT2D eigenvalue weighted by Crippen LogP contribution is 2.40. The fourth-order valence-corrected chi connectivity index (χ4v) is 3.97. The molecule has 2 saturated carbocycles. The van der Waals surface area contributed by atoms with Crippen LogP contribution in [-0.2, 0) is 4.79 Å². The van der Waals surface area contributed by atoms with E-state index in [0.717, 1.165) is 18.8 Å². The van der Waals surface area contributed by atoms with Crippen molar-refractivity contribution >= 4 is 5.91 Å². The molecule has 0 aromatic rings. The number of hydrogen-bond donors (Lipinski definition) is 0. The van der Waals surface area contributed by atoms with Crippen molar-refractivity contribution in [3.8, 4) is 0 Å². The molecule has 2 aliphatic rings. The zero-order valence-electron chi connectivity index (χ0n) is 13.2. The molecule has 1 amide bonds. The number of carbonyl (C=O) groups excluding carboxylic acids is 1. The lowest BCUT2D eigenvalue weighted by atomic mass is 9.69. The minimum absolute atomic E-state index is 0.309. The lowest BCUT2D eigenvalue weighted by Crippen LogP contribution is -2.41. The number of carbonyl (C=O) groups is 1. The summed E-state index contributed by atoms with van der Waals surface area (Å²) >= 11 is 0. The monoisotopic (exact) mass is 265 g/mol. The van der Waals surface area contributed by atoms with Crippen molar-refractivity contribution in [2.75, 3.05) is 7.05 Å². The maximum absolute atomic E-state index is 12.6. The van der Waals surface area contributed by atoms with Crippen LogP contribution >= 0.6 is 0 Å². The molecule has 0 atom stereocenters. The quantitative estimate of drug-likeness (QED) is 0.731. The Balaban J connectivity index is 1.85. The molecule has 19 heavy (non-hydrogen) atoms. The van der Waals surface area contributed by atoms with Gasteiger partial charge in [0.1, 0.15) is 0 Å². The largest absolute Gasteiger partial charge is 0.343 e. The number of amides is 1. The normalized spacial score (nSPS) is 29.5. The molecule has 2 aliphatic carbocycles. The van der Waals surface area contributed by atoms with Gasteiger partial charge in [0, 0.05) is 19.0 Å². The van der Waals surface area contributed by atoms with Crippen molar-refractivity contribution in [3.05, 3.63) is 0 Å². The fraction of sp³-hybridized carbons (Fsp3) is 0.941. The van der Waals surface area contributed by atoms with Gasteiger partial charge in [-0.2, -0.15) is 0 Å². The van der Waals surface area contributed by atoms with Crippen LogP contribution in [0.3, 0.4) is 0 Å². The molecule has 0 unspecified atom stereocenters. The van der Waals surface area contributed by atoms with Gasteiger partial charge in [-0.05, 0) is 49.9 Å². The highest BCUT2D eigenvalue weighted by molar-refractivity contribution is 5.79. The Labute approximate surface area is 118 Å². The van der Waals surface area contributed by atoms with E-state index in [2.05, 4.69) is 25.7 Å². The van der Waals surface area contributed by atoms with Crippen molar-refractivity contribution in [3.63, 3.8) is 0 Å². The maximum Gasteiger partial charge on any atom is 0.225 e. The van der Waals surface area contributed by atoms with Gasteiger partial charge in [0.05, 0.1) is 0 Å². The van der Waals surface area contributed by atoms with Gasteiger partial charge >= 0.3 is 0 Å². The predicted molar refractivity (Wildman–Crippen MR) is 79.9 cm³/mol. The highest BCUT2D eigenvalue weighted by Gasteiger charge is 2.35. The first-order valence-corrected chi connectivity index (χ1v) is 8.16. The van der Waals surface area contributed by atoms with E-state index in [9.17, 15) is 4.79 Å². The lowest BCUT2D eigenvalue weighted by Gasteiger charge is -2.38. The van der Waals surface area contributed by atoms with Crippen LogP contribution in [0.1, 0.15) is 72.1 Å². The molecular weight excluding hydrogens is 234 g/mol. The van der Waals surface area contributed by atoms with Crippen LogP contribution in [0.2, 0.25) is 0 Å². The van der Waals surface area contributed by atoms with E-state index in [-0.39, 0.29) is 0 Å². The third-order valence-electron chi connectivity index (χ3n) is 5.52. The Morgan fingerprint density at radius 1 is 0.947 bits per heavy atom. The van der Waals surface area contributed by atoms with Crippen molar-refractivity contribution in [1.82, 2.24) is 4.90 Å². The minimum atomic E-state index is 0.309. The molecule has 0 aliphatic heterocycles. The molecular formula is C17H31NO. The summed E-state index contributed by atoms with van der Waals surface area (Å²) in [7, 11) is 2.04. The average Bonchev–Trinajstić information content (AvgIpc) is 2.90. The number of nitrogens with zero attached hydrogens (tertiary/aromatic N) is 1. The van der Waals surface area contributed by atoms with Crippen molar-refractivity contribution < 1.29 is 4.79 Å². The molecule has 110 valence electrons. The zero-order chi connectivity index (χ0) is 14.0. The molecule has 2 fully saturated rings. The summed E-state index contributed by atoms with van der Waals surface area (Å²) in [6, 6.07) is 0.535. The Morgan fingerprint density at radius 2 is 1.47 bits per heavy atom. The summed E-state index contributed by atoms with van der Waals surface area (Å²) < 4.78 is 0. The Kier molecular flexibility index (Phi) is 4.58. The number of hydrogen-bond acceptors (Lipinski definition) is 1. The Bertz CT molecular complexity index is 304. The Hall–Kier alpha value is -0.530. The van der Waals surface area contributed by atoms with Crippen molar-refractivity contribution in [2.24, 2.45) is 17.3 Å². The van der Waals surface area contributed by atoms with Crippen molar-refractivity contribution in [1.29, 1.82) is 0 Å². The van der Waals surface area contributed by atoms with E-state index >= 15 is 0 Å². The fourth-order valence-electron chi connectivity index (χ4n) is 3.97. The van der Waals surface area contributed by atoms with E-state index < -0.39 is 0 Å². The number of rotatable bonds is 2. The predicted octanol–water partition coefficient (Wildman–Crippen LogP) is 4.24. The molecule has 0 heterocycles. The standard InChI is InChI=1S/C17H31NO/c1-17(2,3)14-11-9-13(10-12-14)16(19)18(4)15-7-5-6-8-15/h13-15H,5-12H2,1-4H3. The third kappa shape index (κ3) is 3.52. The van der Waals surface area contributed by atoms with Gasteiger partial charge in [-0.15, -0.1) is 0 Å². The molecule has 0 saturated heterocycles. The third-order valence-corrected chi connectivity index (χ3v) is 5.52. The second kappa shape index (κ2) is 5.85. The molecule has 2 heteroatoms. The van der Waals surface area contributed by atoms with Crippen molar-refractivity contribution in [2.45, 2.75) is 78.2 Å². The van der Waals surface area contributed by atoms with E-state index in [4.69, 9.17) is 0 Å². The van der Waals surface area contributed by atoms with Gasteiger partial charge in [0.25, 0.3) is 0 Å². The summed E-state index contributed by atoms with van der Waals surface area (Å²) in [6.45, 7) is 7.01. The van der Waals surface area contributed by atoms with E-state index in [1.165, 1.54) is 38.5 Å². The van der Waals surface area contributed by atoms with Crippen LogP contribution in [0, 0.1) is 17.3 Å². The van der Waals surface area contributed by atoms with E-state index in [1.807, 2.05) is 7.05 Å². The summed E-state index contributed by atoms with van der Waals surface area (Å²) in [5.74, 6) is 1.54. The van der Waals surface area contributed by atoms with Crippen LogP contribution < -0.4 is 0 Å². The second-order valence-electron chi connectivity index (χ2n) is 7.80.